The first kappa shape index (κ1) is 9.88. The highest BCUT2D eigenvalue weighted by molar-refractivity contribution is 7.82. The molecule has 0 saturated carbocycles. The summed E-state index contributed by atoms with van der Waals surface area (Å²) >= 11 is 9.74. The van der Waals surface area contributed by atoms with E-state index in [0.717, 1.165) is 0 Å². The van der Waals surface area contributed by atoms with Crippen LogP contribution >= 0.6 is 23.8 Å². The lowest BCUT2D eigenvalue weighted by atomic mass is 10.3. The third-order valence-electron chi connectivity index (χ3n) is 1.23. The molecule has 0 N–H and O–H groups in total. The van der Waals surface area contributed by atoms with Gasteiger partial charge in [0.2, 0.25) is 0 Å². The molecule has 0 atom stereocenters. The fourth-order valence-electron chi connectivity index (χ4n) is 0.753. The second kappa shape index (κ2) is 4.15. The second-order valence-electron chi connectivity index (χ2n) is 2.09. The van der Waals surface area contributed by atoms with Crippen molar-refractivity contribution in [3.63, 3.8) is 0 Å². The fraction of sp³-hybridized carbons (Fsp3) is 0. The molecule has 1 aromatic carbocycles. The predicted octanol–water partition coefficient (Wildman–Crippen LogP) is 2.50. The van der Waals surface area contributed by atoms with Gasteiger partial charge in [0.25, 0.3) is 10.2 Å². The topological polar surface area (TPSA) is 52.4 Å². The van der Waals surface area contributed by atoms with Crippen LogP contribution in [0.2, 0.25) is 0 Å². The van der Waals surface area contributed by atoms with Crippen LogP contribution in [-0.2, 0) is 0 Å². The highest BCUT2D eigenvalue weighted by Crippen LogP contribution is 2.19. The number of halogens is 1. The number of hydrogen-bond acceptors (Lipinski definition) is 4. The van der Waals surface area contributed by atoms with Crippen LogP contribution in [0, 0.1) is 10.1 Å². The van der Waals surface area contributed by atoms with Crippen molar-refractivity contribution in [2.24, 2.45) is 0 Å². The van der Waals surface area contributed by atoms with Crippen molar-refractivity contribution in [1.29, 1.82) is 0 Å². The zero-order chi connectivity index (χ0) is 9.84. The Balaban J connectivity index is 2.91. The third kappa shape index (κ3) is 2.96. The first-order chi connectivity index (χ1) is 6.09. The van der Waals surface area contributed by atoms with Crippen LogP contribution in [0.1, 0.15) is 0 Å². The van der Waals surface area contributed by atoms with E-state index in [4.69, 9.17) is 16.3 Å². The molecular formula is C7H4ClNO3S. The number of non-ortho nitro benzene ring substituents is 1. The molecular weight excluding hydrogens is 214 g/mol. The summed E-state index contributed by atoms with van der Waals surface area (Å²) in [5.41, 5.74) is -0.0644. The number of thiocarbonyl (C=S) groups is 1. The first-order valence-corrected chi connectivity index (χ1v) is 4.00. The highest BCUT2D eigenvalue weighted by Gasteiger charge is 2.06. The number of hydrogen-bond donors (Lipinski definition) is 0. The molecule has 0 radical (unpaired) electrons. The van der Waals surface area contributed by atoms with Gasteiger partial charge in [0.1, 0.15) is 5.75 Å². The van der Waals surface area contributed by atoms with Gasteiger partial charge >= 0.3 is 0 Å². The molecule has 0 bridgehead atoms. The van der Waals surface area contributed by atoms with Crippen molar-refractivity contribution in [3.8, 4) is 5.75 Å². The summed E-state index contributed by atoms with van der Waals surface area (Å²) in [6, 6.07) is 5.61. The molecule has 6 heteroatoms. The number of benzene rings is 1. The van der Waals surface area contributed by atoms with E-state index in [1.165, 1.54) is 24.3 Å². The van der Waals surface area contributed by atoms with Gasteiger partial charge in [-0.3, -0.25) is 10.1 Å². The number of nitrogens with zero attached hydrogens (tertiary/aromatic N) is 1. The van der Waals surface area contributed by atoms with Crippen LogP contribution in [0.15, 0.2) is 24.3 Å². The van der Waals surface area contributed by atoms with E-state index in [1.54, 1.807) is 0 Å². The van der Waals surface area contributed by atoms with Gasteiger partial charge in [-0.05, 0) is 29.9 Å². The van der Waals surface area contributed by atoms with Gasteiger partial charge in [-0.2, -0.15) is 0 Å². The molecule has 4 nitrogen and oxygen atoms in total. The number of rotatable bonds is 2. The van der Waals surface area contributed by atoms with E-state index in [-0.39, 0.29) is 15.9 Å². The highest BCUT2D eigenvalue weighted by atomic mass is 35.5. The normalized spacial score (nSPS) is 9.31. The van der Waals surface area contributed by atoms with Gasteiger partial charge in [0.05, 0.1) is 11.0 Å². The Hall–Kier alpha value is -1.20. The Bertz CT molecular complexity index is 355. The molecule has 0 aliphatic carbocycles. The molecule has 0 fully saturated rings. The molecule has 68 valence electrons. The van der Waals surface area contributed by atoms with Gasteiger partial charge in [-0.1, -0.05) is 6.07 Å². The summed E-state index contributed by atoms with van der Waals surface area (Å²) in [6.45, 7) is 0. The molecule has 0 unspecified atom stereocenters. The minimum atomic E-state index is -0.524. The van der Waals surface area contributed by atoms with Crippen molar-refractivity contribution in [2.45, 2.75) is 0 Å². The van der Waals surface area contributed by atoms with E-state index >= 15 is 0 Å². The maximum Gasteiger partial charge on any atom is 0.273 e. The fourth-order valence-corrected chi connectivity index (χ4v) is 0.939. The smallest absolute Gasteiger partial charge is 0.273 e. The summed E-state index contributed by atoms with van der Waals surface area (Å²) in [5, 5.41) is 10.3. The minimum absolute atomic E-state index is 0.0644. The summed E-state index contributed by atoms with van der Waals surface area (Å²) in [5.74, 6) is 0.259. The lowest BCUT2D eigenvalue weighted by Gasteiger charge is -1.99. The maximum absolute atomic E-state index is 10.3. The van der Waals surface area contributed by atoms with E-state index in [0.29, 0.717) is 0 Å². The molecule has 0 aromatic heterocycles. The third-order valence-corrected chi connectivity index (χ3v) is 1.39. The van der Waals surface area contributed by atoms with Gasteiger partial charge < -0.3 is 4.74 Å². The Labute approximate surface area is 84.2 Å². The van der Waals surface area contributed by atoms with Gasteiger partial charge in [0, 0.05) is 6.07 Å². The Morgan fingerprint density at radius 1 is 1.62 bits per heavy atom. The monoisotopic (exact) mass is 217 g/mol. The van der Waals surface area contributed by atoms with Crippen LogP contribution in [0.25, 0.3) is 0 Å². The first-order valence-electron chi connectivity index (χ1n) is 3.21. The molecule has 13 heavy (non-hydrogen) atoms. The van der Waals surface area contributed by atoms with E-state index < -0.39 is 4.92 Å². The Morgan fingerprint density at radius 2 is 2.31 bits per heavy atom. The van der Waals surface area contributed by atoms with E-state index in [2.05, 4.69) is 12.2 Å². The van der Waals surface area contributed by atoms with Crippen molar-refractivity contribution in [1.82, 2.24) is 0 Å². The standard InChI is InChI=1S/C7H4ClNO3S/c8-7(13)12-6-3-1-2-5(4-6)9(10)11/h1-4H. The van der Waals surface area contributed by atoms with Crippen LogP contribution < -0.4 is 4.74 Å². The zero-order valence-electron chi connectivity index (χ0n) is 6.27. The number of ether oxygens (including phenoxy) is 1. The van der Waals surface area contributed by atoms with Crippen molar-refractivity contribution < 1.29 is 9.66 Å². The molecule has 0 amide bonds. The number of nitro groups is 1. The van der Waals surface area contributed by atoms with Crippen molar-refractivity contribution >= 4 is 34.0 Å². The van der Waals surface area contributed by atoms with Gasteiger partial charge in [-0.15, -0.1) is 0 Å². The van der Waals surface area contributed by atoms with Crippen molar-refractivity contribution in [2.75, 3.05) is 0 Å². The summed E-state index contributed by atoms with van der Waals surface area (Å²) < 4.78 is 4.60. The van der Waals surface area contributed by atoms with E-state index in [1.807, 2.05) is 0 Å². The molecule has 0 heterocycles. The molecule has 0 saturated heterocycles. The molecule has 1 rings (SSSR count). The predicted molar refractivity (Wildman–Crippen MR) is 52.2 cm³/mol. The number of nitro benzene ring substituents is 1. The molecule has 0 aliphatic rings. The Kier molecular flexibility index (Phi) is 3.16. The average molecular weight is 218 g/mol. The van der Waals surface area contributed by atoms with Crippen LogP contribution in [0.5, 0.6) is 5.75 Å². The average Bonchev–Trinajstić information content (AvgIpc) is 2.03. The zero-order valence-corrected chi connectivity index (χ0v) is 7.84. The van der Waals surface area contributed by atoms with Crippen LogP contribution in [0.4, 0.5) is 5.69 Å². The summed E-state index contributed by atoms with van der Waals surface area (Å²) in [7, 11) is 0. The van der Waals surface area contributed by atoms with Crippen molar-refractivity contribution in [3.05, 3.63) is 34.4 Å². The SMILES string of the molecule is O=[N+]([O-])c1cccc(OC(=S)Cl)c1. The lowest BCUT2D eigenvalue weighted by molar-refractivity contribution is -0.384. The van der Waals surface area contributed by atoms with Gasteiger partial charge in [-0.25, -0.2) is 0 Å². The minimum Gasteiger partial charge on any atom is -0.436 e. The molecule has 1 aromatic rings. The van der Waals surface area contributed by atoms with E-state index in [9.17, 15) is 10.1 Å². The largest absolute Gasteiger partial charge is 0.436 e. The quantitative estimate of drug-likeness (QED) is 0.331. The Morgan fingerprint density at radius 3 is 2.85 bits per heavy atom. The van der Waals surface area contributed by atoms with Gasteiger partial charge in [0.15, 0.2) is 0 Å². The van der Waals surface area contributed by atoms with Crippen LogP contribution in [0.3, 0.4) is 0 Å². The summed E-state index contributed by atoms with van der Waals surface area (Å²) in [6.07, 6.45) is 0. The summed E-state index contributed by atoms with van der Waals surface area (Å²) in [4.78, 5) is 9.80. The van der Waals surface area contributed by atoms with Crippen LogP contribution in [-0.4, -0.2) is 9.43 Å². The lowest BCUT2D eigenvalue weighted by Crippen LogP contribution is -1.96. The maximum atomic E-state index is 10.3. The molecule has 0 spiro atoms. The second-order valence-corrected chi connectivity index (χ2v) is 3.03. The molecule has 0 aliphatic heterocycles.